The van der Waals surface area contributed by atoms with Crippen LogP contribution in [0.25, 0.3) is 21.9 Å². The Hall–Kier alpha value is -4.14. The van der Waals surface area contributed by atoms with Gasteiger partial charge in [0.05, 0.1) is 22.6 Å². The van der Waals surface area contributed by atoms with Gasteiger partial charge in [0.2, 0.25) is 5.91 Å². The Labute approximate surface area is 220 Å². The van der Waals surface area contributed by atoms with Crippen LogP contribution in [-0.2, 0) is 4.79 Å². The van der Waals surface area contributed by atoms with E-state index >= 15 is 0 Å². The lowest BCUT2D eigenvalue weighted by Gasteiger charge is -2.43. The van der Waals surface area contributed by atoms with Crippen LogP contribution in [0.3, 0.4) is 0 Å². The minimum Gasteiger partial charge on any atom is -0.351 e. The lowest BCUT2D eigenvalue weighted by atomic mass is 9.93. The number of carbonyl (C=O) groups is 3. The maximum Gasteiger partial charge on any atom is 0.290 e. The van der Waals surface area contributed by atoms with Crippen LogP contribution >= 0.6 is 0 Å². The molecule has 2 aromatic carbocycles. The summed E-state index contributed by atoms with van der Waals surface area (Å²) < 4.78 is 0. The summed E-state index contributed by atoms with van der Waals surface area (Å²) in [6.45, 7) is 6.85. The Morgan fingerprint density at radius 3 is 2.53 bits per heavy atom. The van der Waals surface area contributed by atoms with Crippen molar-refractivity contribution in [3.8, 4) is 0 Å². The van der Waals surface area contributed by atoms with Crippen molar-refractivity contribution < 1.29 is 14.4 Å². The van der Waals surface area contributed by atoms with Crippen molar-refractivity contribution in [3.63, 3.8) is 0 Å². The summed E-state index contributed by atoms with van der Waals surface area (Å²) in [5.74, 6) is -0.304. The van der Waals surface area contributed by atoms with Gasteiger partial charge in [-0.05, 0) is 43.0 Å². The third-order valence-electron chi connectivity index (χ3n) is 8.26. The van der Waals surface area contributed by atoms with Gasteiger partial charge in [-0.3, -0.25) is 14.4 Å². The lowest BCUT2D eigenvalue weighted by molar-refractivity contribution is -0.140. The largest absolute Gasteiger partial charge is 0.351 e. The van der Waals surface area contributed by atoms with Crippen LogP contribution in [0, 0.1) is 5.92 Å². The lowest BCUT2D eigenvalue weighted by Crippen LogP contribution is -2.62. The van der Waals surface area contributed by atoms with Gasteiger partial charge in [-0.25, -0.2) is 4.98 Å². The van der Waals surface area contributed by atoms with E-state index in [-0.39, 0.29) is 29.7 Å². The number of nitrogens with zero attached hydrogens (tertiary/aromatic N) is 3. The van der Waals surface area contributed by atoms with Gasteiger partial charge in [0.15, 0.2) is 5.82 Å². The van der Waals surface area contributed by atoms with Crippen LogP contribution in [0.5, 0.6) is 0 Å². The molecule has 9 nitrogen and oxygen atoms in total. The molecule has 0 saturated carbocycles. The molecule has 4 heterocycles. The first-order valence-corrected chi connectivity index (χ1v) is 13.3. The Bertz CT molecular complexity index is 1490. The summed E-state index contributed by atoms with van der Waals surface area (Å²) in [7, 11) is 0. The number of hydrogen-bond acceptors (Lipinski definition) is 4. The second-order valence-electron chi connectivity index (χ2n) is 10.9. The summed E-state index contributed by atoms with van der Waals surface area (Å²) in [6, 6.07) is 16.3. The standard InChI is InChI=1S/C29H32N6O3/c1-4-29-14-19(34(16-29)28(38)25-31-21-11-7-8-12-22(21)32-25)15-35(29)27(37)24(17(2)3)33-26(36)23-13-18-9-5-6-10-20(18)30-23/h5-13,17,19,24,30H,4,14-16H2,1-3H3,(H,31,32)(H,33,36). The molecule has 2 bridgehead atoms. The van der Waals surface area contributed by atoms with Gasteiger partial charge in [0.25, 0.3) is 11.8 Å². The fraction of sp³-hybridized carbons (Fsp3) is 0.379. The van der Waals surface area contributed by atoms with Crippen molar-refractivity contribution in [2.75, 3.05) is 13.1 Å². The van der Waals surface area contributed by atoms with Gasteiger partial charge in [0, 0.05) is 24.0 Å². The van der Waals surface area contributed by atoms with E-state index in [1.807, 2.05) is 72.2 Å². The summed E-state index contributed by atoms with van der Waals surface area (Å²) >= 11 is 0. The van der Waals surface area contributed by atoms with Crippen LogP contribution in [0.15, 0.2) is 54.6 Å². The number of aromatic amines is 2. The fourth-order valence-electron chi connectivity index (χ4n) is 6.12. The van der Waals surface area contributed by atoms with Gasteiger partial charge in [-0.2, -0.15) is 0 Å². The maximum absolute atomic E-state index is 13.9. The van der Waals surface area contributed by atoms with Crippen molar-refractivity contribution >= 4 is 39.7 Å². The number of amides is 3. The summed E-state index contributed by atoms with van der Waals surface area (Å²) in [5, 5.41) is 3.93. The zero-order valence-electron chi connectivity index (χ0n) is 21.8. The molecule has 0 spiro atoms. The molecular formula is C29H32N6O3. The van der Waals surface area contributed by atoms with Crippen LogP contribution in [0.1, 0.15) is 54.7 Å². The Kier molecular flexibility index (Phi) is 5.74. The molecule has 0 radical (unpaired) electrons. The highest BCUT2D eigenvalue weighted by atomic mass is 16.2. The van der Waals surface area contributed by atoms with E-state index < -0.39 is 11.6 Å². The van der Waals surface area contributed by atoms with Gasteiger partial charge >= 0.3 is 0 Å². The number of aromatic nitrogens is 3. The number of imidazole rings is 1. The van der Waals surface area contributed by atoms with E-state index in [9.17, 15) is 14.4 Å². The van der Waals surface area contributed by atoms with E-state index in [1.54, 1.807) is 6.07 Å². The van der Waals surface area contributed by atoms with E-state index in [1.165, 1.54) is 0 Å². The molecule has 2 aliphatic rings. The van der Waals surface area contributed by atoms with Crippen molar-refractivity contribution in [2.45, 2.75) is 51.2 Å². The third kappa shape index (κ3) is 3.84. The number of benzene rings is 2. The number of H-pyrrole nitrogens is 2. The molecule has 2 fully saturated rings. The molecule has 2 saturated heterocycles. The number of hydrogen-bond donors (Lipinski definition) is 3. The predicted octanol–water partition coefficient (Wildman–Crippen LogP) is 3.70. The number of piperazine rings is 1. The quantitative estimate of drug-likeness (QED) is 0.365. The van der Waals surface area contributed by atoms with E-state index in [2.05, 4.69) is 27.2 Å². The molecule has 3 unspecified atom stereocenters. The van der Waals surface area contributed by atoms with Gasteiger partial charge in [-0.1, -0.05) is 51.1 Å². The highest BCUT2D eigenvalue weighted by molar-refractivity contribution is 6.00. The molecule has 9 heteroatoms. The molecule has 3 amide bonds. The van der Waals surface area contributed by atoms with E-state index in [4.69, 9.17) is 0 Å². The van der Waals surface area contributed by atoms with Gasteiger partial charge < -0.3 is 25.1 Å². The van der Waals surface area contributed by atoms with Crippen LogP contribution < -0.4 is 5.32 Å². The molecule has 4 aromatic rings. The first-order valence-electron chi connectivity index (χ1n) is 13.3. The molecule has 3 atom stereocenters. The third-order valence-corrected chi connectivity index (χ3v) is 8.26. The highest BCUT2D eigenvalue weighted by Crippen LogP contribution is 2.43. The average molecular weight is 513 g/mol. The maximum atomic E-state index is 13.9. The van der Waals surface area contributed by atoms with Crippen LogP contribution in [0.4, 0.5) is 0 Å². The van der Waals surface area contributed by atoms with E-state index in [0.29, 0.717) is 24.6 Å². The molecule has 38 heavy (non-hydrogen) atoms. The average Bonchev–Trinajstić information content (AvgIpc) is 3.70. The summed E-state index contributed by atoms with van der Waals surface area (Å²) in [4.78, 5) is 55.1. The SMILES string of the molecule is CCC12CC(CN1C(=O)C(NC(=O)c1cc3ccccc3[nH]1)C(C)C)N(C(=O)c1nc3ccccc3[nH]1)C2. The minimum atomic E-state index is -0.670. The van der Waals surface area contributed by atoms with Crippen molar-refractivity contribution in [3.05, 3.63) is 66.1 Å². The topological polar surface area (TPSA) is 114 Å². The summed E-state index contributed by atoms with van der Waals surface area (Å²) in [5.41, 5.74) is 2.43. The van der Waals surface area contributed by atoms with Gasteiger partial charge in [-0.15, -0.1) is 0 Å². The first-order chi connectivity index (χ1) is 18.3. The zero-order chi connectivity index (χ0) is 26.6. The van der Waals surface area contributed by atoms with Crippen LogP contribution in [0.2, 0.25) is 0 Å². The molecule has 0 aliphatic carbocycles. The zero-order valence-corrected chi connectivity index (χ0v) is 21.8. The van der Waals surface area contributed by atoms with Crippen molar-refractivity contribution in [1.82, 2.24) is 30.1 Å². The van der Waals surface area contributed by atoms with E-state index in [0.717, 1.165) is 34.8 Å². The number of rotatable bonds is 6. The molecule has 3 N–H and O–H groups in total. The fourth-order valence-corrected chi connectivity index (χ4v) is 6.12. The summed E-state index contributed by atoms with van der Waals surface area (Å²) in [6.07, 6.45) is 1.45. The molecular weight excluding hydrogens is 480 g/mol. The molecule has 2 aliphatic heterocycles. The smallest absolute Gasteiger partial charge is 0.290 e. The second-order valence-corrected chi connectivity index (χ2v) is 10.9. The van der Waals surface area contributed by atoms with Crippen LogP contribution in [-0.4, -0.2) is 73.2 Å². The molecule has 196 valence electrons. The number of likely N-dealkylation sites (tertiary alicyclic amines) is 2. The number of para-hydroxylation sites is 3. The van der Waals surface area contributed by atoms with Crippen molar-refractivity contribution in [2.24, 2.45) is 5.92 Å². The molecule has 6 rings (SSSR count). The minimum absolute atomic E-state index is 0.0863. The normalized spacial score (nSPS) is 21.5. The highest BCUT2D eigenvalue weighted by Gasteiger charge is 2.57. The first kappa shape index (κ1) is 24.2. The second kappa shape index (κ2) is 9.01. The predicted molar refractivity (Wildman–Crippen MR) is 145 cm³/mol. The monoisotopic (exact) mass is 512 g/mol. The van der Waals surface area contributed by atoms with Crippen molar-refractivity contribution in [1.29, 1.82) is 0 Å². The van der Waals surface area contributed by atoms with Gasteiger partial charge in [0.1, 0.15) is 11.7 Å². The number of nitrogens with one attached hydrogen (secondary N) is 3. The Morgan fingerprint density at radius 2 is 1.82 bits per heavy atom. The Balaban J connectivity index is 1.20. The Morgan fingerprint density at radius 1 is 1.08 bits per heavy atom. The molecule has 2 aromatic heterocycles. The number of fused-ring (bicyclic) bond motifs is 4. The number of carbonyl (C=O) groups excluding carboxylic acids is 3.